The molecule has 4 saturated heterocycles. The first-order valence-corrected chi connectivity index (χ1v) is 15.8. The molecule has 0 unspecified atom stereocenters. The van der Waals surface area contributed by atoms with Crippen LogP contribution in [0.2, 0.25) is 0 Å². The average Bonchev–Trinajstić information content (AvgIpc) is 3.72. The number of fused-ring (bicyclic) bond motifs is 5. The maximum Gasteiger partial charge on any atom is 0.415 e. The quantitative estimate of drug-likeness (QED) is 0.466. The second-order valence-electron chi connectivity index (χ2n) is 14.1. The van der Waals surface area contributed by atoms with Crippen LogP contribution in [0.3, 0.4) is 0 Å². The predicted molar refractivity (Wildman–Crippen MR) is 170 cm³/mol. The number of aromatic nitrogens is 3. The van der Waals surface area contributed by atoms with E-state index in [0.717, 1.165) is 42.4 Å². The molecule has 0 saturated carbocycles. The van der Waals surface area contributed by atoms with E-state index in [1.54, 1.807) is 4.90 Å². The summed E-state index contributed by atoms with van der Waals surface area (Å²) in [7, 11) is 2.23. The number of hydrogen-bond donors (Lipinski definition) is 1. The number of likely N-dealkylation sites (N-methyl/N-ethyl adjacent to an activating group) is 1. The fourth-order valence-electron chi connectivity index (χ4n) is 7.63. The van der Waals surface area contributed by atoms with Crippen LogP contribution in [0.1, 0.15) is 59.9 Å². The topological polar surface area (TPSA) is 99.2 Å². The van der Waals surface area contributed by atoms with Crippen molar-refractivity contribution in [2.24, 2.45) is 0 Å². The van der Waals surface area contributed by atoms with Crippen LogP contribution in [0.5, 0.6) is 0 Å². The smallest absolute Gasteiger partial charge is 0.415 e. The van der Waals surface area contributed by atoms with E-state index < -0.39 is 0 Å². The standard InChI is InChI=1S/C33H44N8O3/c1-20(11-12-21(2)39-17-23-13-24(39)16-38(23)7)35-30-34-15-25-29(37-30)41(26-14-32(4,5)44-19-33(25,26)6)28-10-8-9-27(36-28)40-22(3)18-43-31(40)42/h8-12,15,22-24,26H,13-14,16-19H2,1-7H3,(H,34,35,37)/b20-11+,21-12+/t22-,23+,24+,26-,33-/m0/s1. The molecule has 11 nitrogen and oxygen atoms in total. The molecule has 4 fully saturated rings. The Morgan fingerprint density at radius 2 is 1.84 bits per heavy atom. The van der Waals surface area contributed by atoms with Gasteiger partial charge in [-0.15, -0.1) is 0 Å². The fourth-order valence-corrected chi connectivity index (χ4v) is 7.63. The Morgan fingerprint density at radius 3 is 2.52 bits per heavy atom. The van der Waals surface area contributed by atoms with Crippen molar-refractivity contribution in [2.75, 3.05) is 48.5 Å². The number of nitrogens with one attached hydrogen (secondary N) is 1. The van der Waals surface area contributed by atoms with Gasteiger partial charge in [0.15, 0.2) is 0 Å². The van der Waals surface area contributed by atoms with E-state index in [1.807, 2.05) is 38.2 Å². The minimum Gasteiger partial charge on any atom is -0.447 e. The zero-order chi connectivity index (χ0) is 31.0. The molecule has 0 spiro atoms. The summed E-state index contributed by atoms with van der Waals surface area (Å²) in [6.07, 6.45) is 7.91. The highest BCUT2D eigenvalue weighted by Gasteiger charge is 2.55. The fraction of sp³-hybridized carbons (Fsp3) is 0.576. The lowest BCUT2D eigenvalue weighted by atomic mass is 9.73. The summed E-state index contributed by atoms with van der Waals surface area (Å²) >= 11 is 0. The Morgan fingerprint density at radius 1 is 1.07 bits per heavy atom. The molecule has 1 N–H and O–H groups in total. The van der Waals surface area contributed by atoms with Crippen molar-refractivity contribution in [1.82, 2.24) is 24.8 Å². The summed E-state index contributed by atoms with van der Waals surface area (Å²) in [4.78, 5) is 36.3. The van der Waals surface area contributed by atoms with Crippen LogP contribution in [-0.2, 0) is 14.9 Å². The number of allylic oxidation sites excluding steroid dienone is 4. The molecule has 0 aliphatic carbocycles. The molecule has 7 rings (SSSR count). The van der Waals surface area contributed by atoms with Crippen LogP contribution in [0, 0.1) is 0 Å². The van der Waals surface area contributed by atoms with Crippen molar-refractivity contribution in [3.05, 3.63) is 53.5 Å². The Kier molecular flexibility index (Phi) is 6.89. The van der Waals surface area contributed by atoms with E-state index in [0.29, 0.717) is 37.1 Å². The van der Waals surface area contributed by atoms with Crippen LogP contribution in [0.15, 0.2) is 47.9 Å². The summed E-state index contributed by atoms with van der Waals surface area (Å²) in [6.45, 7) is 15.8. The van der Waals surface area contributed by atoms with E-state index in [9.17, 15) is 4.79 Å². The van der Waals surface area contributed by atoms with Crippen molar-refractivity contribution in [3.8, 4) is 0 Å². The zero-order valence-electron chi connectivity index (χ0n) is 26.9. The number of anilines is 4. The number of carbonyl (C=O) groups excluding carboxylic acids is 1. The molecule has 0 radical (unpaired) electrons. The van der Waals surface area contributed by atoms with Crippen LogP contribution in [-0.4, -0.2) is 94.0 Å². The summed E-state index contributed by atoms with van der Waals surface area (Å²) < 4.78 is 11.7. The summed E-state index contributed by atoms with van der Waals surface area (Å²) in [5, 5.41) is 3.43. The maximum absolute atomic E-state index is 12.5. The molecule has 0 aromatic carbocycles. The molecule has 7 heterocycles. The van der Waals surface area contributed by atoms with Crippen molar-refractivity contribution in [3.63, 3.8) is 0 Å². The highest BCUT2D eigenvalue weighted by molar-refractivity contribution is 5.89. The molecule has 2 bridgehead atoms. The highest BCUT2D eigenvalue weighted by Crippen LogP contribution is 2.53. The first-order chi connectivity index (χ1) is 20.9. The van der Waals surface area contributed by atoms with Crippen molar-refractivity contribution < 1.29 is 14.3 Å². The molecule has 11 heteroatoms. The molecule has 234 valence electrons. The van der Waals surface area contributed by atoms with Crippen molar-refractivity contribution in [2.45, 2.75) is 89.6 Å². The van der Waals surface area contributed by atoms with Gasteiger partial charge in [-0.2, -0.15) is 4.98 Å². The lowest BCUT2D eigenvalue weighted by Crippen LogP contribution is -2.54. The normalized spacial score (nSPS) is 31.4. The van der Waals surface area contributed by atoms with Crippen molar-refractivity contribution in [1.29, 1.82) is 0 Å². The lowest BCUT2D eigenvalue weighted by molar-refractivity contribution is -0.0893. The minimum absolute atomic E-state index is 0.0496. The van der Waals surface area contributed by atoms with E-state index >= 15 is 0 Å². The largest absolute Gasteiger partial charge is 0.447 e. The van der Waals surface area contributed by atoms with Gasteiger partial charge >= 0.3 is 6.09 Å². The lowest BCUT2D eigenvalue weighted by Gasteiger charge is -2.46. The monoisotopic (exact) mass is 600 g/mol. The average molecular weight is 601 g/mol. The molecular formula is C33H44N8O3. The van der Waals surface area contributed by atoms with Gasteiger partial charge in [-0.25, -0.2) is 14.8 Å². The Hall–Kier alpha value is -3.70. The van der Waals surface area contributed by atoms with Gasteiger partial charge in [-0.1, -0.05) is 13.0 Å². The first kappa shape index (κ1) is 29.0. The molecular weight excluding hydrogens is 556 g/mol. The molecule has 44 heavy (non-hydrogen) atoms. The first-order valence-electron chi connectivity index (χ1n) is 15.8. The molecule has 2 aromatic rings. The van der Waals surface area contributed by atoms with Crippen LogP contribution >= 0.6 is 0 Å². The number of pyridine rings is 1. The molecule has 5 atom stereocenters. The predicted octanol–water partition coefficient (Wildman–Crippen LogP) is 4.80. The number of nitrogens with zero attached hydrogens (tertiary/aromatic N) is 7. The Bertz CT molecular complexity index is 1540. The van der Waals surface area contributed by atoms with Gasteiger partial charge in [-0.05, 0) is 78.8 Å². The summed E-state index contributed by atoms with van der Waals surface area (Å²) in [5.41, 5.74) is 2.66. The van der Waals surface area contributed by atoms with Crippen LogP contribution in [0.25, 0.3) is 0 Å². The van der Waals surface area contributed by atoms with Gasteiger partial charge in [-0.3, -0.25) is 9.80 Å². The molecule has 5 aliphatic rings. The van der Waals surface area contributed by atoms with Gasteiger partial charge in [0.2, 0.25) is 5.95 Å². The van der Waals surface area contributed by atoms with Gasteiger partial charge in [0, 0.05) is 53.7 Å². The van der Waals surface area contributed by atoms with E-state index in [1.165, 1.54) is 12.1 Å². The molecule has 5 aliphatic heterocycles. The number of cyclic esters (lactones) is 1. The van der Waals surface area contributed by atoms with E-state index in [2.05, 4.69) is 66.9 Å². The third kappa shape index (κ3) is 4.81. The SMILES string of the molecule is C/C(=C\C=C(/C)N1C[C@H]2C[C@@H]1CN2C)Nc1ncc2c(n1)N(c1cccc(N3C(=O)OC[C@@H]3C)n1)[C@H]1CC(C)(C)OC[C@@]21C. The summed E-state index contributed by atoms with van der Waals surface area (Å²) in [6, 6.07) is 7.03. The third-order valence-corrected chi connectivity index (χ3v) is 10.3. The summed E-state index contributed by atoms with van der Waals surface area (Å²) in [5.74, 6) is 2.66. The minimum atomic E-state index is -0.369. The second-order valence-corrected chi connectivity index (χ2v) is 14.1. The Labute approximate surface area is 259 Å². The van der Waals surface area contributed by atoms with Crippen LogP contribution < -0.4 is 15.1 Å². The number of ether oxygens (including phenoxy) is 2. The third-order valence-electron chi connectivity index (χ3n) is 10.3. The number of carbonyl (C=O) groups is 1. The number of piperazine rings is 1. The molecule has 2 aromatic heterocycles. The van der Waals surface area contributed by atoms with Gasteiger partial charge < -0.3 is 24.6 Å². The number of rotatable bonds is 6. The number of amides is 1. The number of likely N-dealkylation sites (tertiary alicyclic amines) is 2. The van der Waals surface area contributed by atoms with Crippen LogP contribution in [0.4, 0.5) is 28.2 Å². The second kappa shape index (κ2) is 10.4. The van der Waals surface area contributed by atoms with Crippen molar-refractivity contribution >= 4 is 29.5 Å². The zero-order valence-corrected chi connectivity index (χ0v) is 26.9. The highest BCUT2D eigenvalue weighted by atomic mass is 16.6. The maximum atomic E-state index is 12.5. The Balaban J connectivity index is 1.20. The van der Waals surface area contributed by atoms with Gasteiger partial charge in [0.25, 0.3) is 0 Å². The van der Waals surface area contributed by atoms with Gasteiger partial charge in [0.1, 0.15) is 24.1 Å². The van der Waals surface area contributed by atoms with Gasteiger partial charge in [0.05, 0.1) is 24.3 Å². The van der Waals surface area contributed by atoms with E-state index in [4.69, 9.17) is 24.4 Å². The molecule has 1 amide bonds. The number of hydrogen-bond acceptors (Lipinski definition) is 10. The van der Waals surface area contributed by atoms with E-state index in [-0.39, 0.29) is 29.2 Å².